The molecule has 1 aromatic carbocycles. The zero-order valence-corrected chi connectivity index (χ0v) is 14.2. The Labute approximate surface area is 137 Å². The predicted octanol–water partition coefficient (Wildman–Crippen LogP) is 3.61. The monoisotopic (exact) mass is 312 g/mol. The summed E-state index contributed by atoms with van der Waals surface area (Å²) in [6.45, 7) is 9.03. The van der Waals surface area contributed by atoms with E-state index in [1.165, 1.54) is 11.1 Å². The van der Waals surface area contributed by atoms with Crippen LogP contribution in [0.1, 0.15) is 41.9 Å². The Morgan fingerprint density at radius 3 is 2.65 bits per heavy atom. The van der Waals surface area contributed by atoms with Crippen LogP contribution in [0.25, 0.3) is 0 Å². The quantitative estimate of drug-likeness (QED) is 0.855. The van der Waals surface area contributed by atoms with Crippen LogP contribution in [0.2, 0.25) is 0 Å². The van der Waals surface area contributed by atoms with Gasteiger partial charge in [0.1, 0.15) is 5.69 Å². The lowest BCUT2D eigenvalue weighted by Crippen LogP contribution is -2.26. The van der Waals surface area contributed by atoms with Gasteiger partial charge in [-0.25, -0.2) is 9.97 Å². The summed E-state index contributed by atoms with van der Waals surface area (Å²) in [5.74, 6) is 0.809. The fourth-order valence-corrected chi connectivity index (χ4v) is 2.06. The maximum Gasteiger partial charge on any atom is 0.270 e. The van der Waals surface area contributed by atoms with Gasteiger partial charge in [-0.2, -0.15) is 0 Å². The van der Waals surface area contributed by atoms with Crippen molar-refractivity contribution in [3.63, 3.8) is 0 Å². The number of amides is 1. The summed E-state index contributed by atoms with van der Waals surface area (Å²) >= 11 is 0. The van der Waals surface area contributed by atoms with Crippen molar-refractivity contribution in [1.82, 2.24) is 15.3 Å². The second-order valence-corrected chi connectivity index (χ2v) is 6.13. The van der Waals surface area contributed by atoms with E-state index >= 15 is 0 Å². The molecule has 0 radical (unpaired) electrons. The SMILES string of the molecule is Cc1ccc(Nc2nccc(C(=O)NCCC(C)C)n2)cc1C. The van der Waals surface area contributed by atoms with E-state index in [9.17, 15) is 4.79 Å². The number of nitrogens with one attached hydrogen (secondary N) is 2. The van der Waals surface area contributed by atoms with Crippen molar-refractivity contribution in [2.45, 2.75) is 34.1 Å². The van der Waals surface area contributed by atoms with Gasteiger partial charge in [-0.15, -0.1) is 0 Å². The molecule has 2 aromatic rings. The van der Waals surface area contributed by atoms with E-state index in [0.29, 0.717) is 24.1 Å². The van der Waals surface area contributed by atoms with Crippen LogP contribution in [0.3, 0.4) is 0 Å². The van der Waals surface area contributed by atoms with E-state index in [-0.39, 0.29) is 5.91 Å². The molecule has 122 valence electrons. The molecular weight excluding hydrogens is 288 g/mol. The molecule has 0 bridgehead atoms. The summed E-state index contributed by atoms with van der Waals surface area (Å²) in [6, 6.07) is 7.67. The van der Waals surface area contributed by atoms with Gasteiger partial charge in [-0.05, 0) is 55.5 Å². The Kier molecular flexibility index (Phi) is 5.68. The van der Waals surface area contributed by atoms with Crippen LogP contribution >= 0.6 is 0 Å². The first kappa shape index (κ1) is 16.9. The molecule has 2 rings (SSSR count). The van der Waals surface area contributed by atoms with Crippen molar-refractivity contribution in [3.05, 3.63) is 47.3 Å². The lowest BCUT2D eigenvalue weighted by atomic mass is 10.1. The molecule has 0 aliphatic rings. The molecule has 0 spiro atoms. The summed E-state index contributed by atoms with van der Waals surface area (Å²) in [5.41, 5.74) is 3.70. The van der Waals surface area contributed by atoms with Gasteiger partial charge in [0.2, 0.25) is 5.95 Å². The average molecular weight is 312 g/mol. The highest BCUT2D eigenvalue weighted by Gasteiger charge is 2.09. The molecule has 5 heteroatoms. The molecule has 0 atom stereocenters. The smallest absolute Gasteiger partial charge is 0.270 e. The highest BCUT2D eigenvalue weighted by molar-refractivity contribution is 5.92. The summed E-state index contributed by atoms with van der Waals surface area (Å²) in [7, 11) is 0. The first-order valence-corrected chi connectivity index (χ1v) is 7.91. The molecule has 0 fully saturated rings. The zero-order chi connectivity index (χ0) is 16.8. The van der Waals surface area contributed by atoms with Crippen LogP contribution < -0.4 is 10.6 Å². The number of rotatable bonds is 6. The molecule has 0 aliphatic carbocycles. The number of carbonyl (C=O) groups excluding carboxylic acids is 1. The Hall–Kier alpha value is -2.43. The summed E-state index contributed by atoms with van der Waals surface area (Å²) < 4.78 is 0. The van der Waals surface area contributed by atoms with Gasteiger partial charge in [-0.1, -0.05) is 19.9 Å². The van der Waals surface area contributed by atoms with Gasteiger partial charge in [-0.3, -0.25) is 4.79 Å². The van der Waals surface area contributed by atoms with Crippen molar-refractivity contribution >= 4 is 17.5 Å². The van der Waals surface area contributed by atoms with Gasteiger partial charge < -0.3 is 10.6 Å². The summed E-state index contributed by atoms with van der Waals surface area (Å²) in [6.07, 6.45) is 2.54. The number of benzene rings is 1. The van der Waals surface area contributed by atoms with Crippen LogP contribution in [0.5, 0.6) is 0 Å². The van der Waals surface area contributed by atoms with Crippen molar-refractivity contribution in [3.8, 4) is 0 Å². The molecule has 0 aliphatic heterocycles. The molecule has 1 amide bonds. The average Bonchev–Trinajstić information content (AvgIpc) is 2.51. The Morgan fingerprint density at radius 2 is 1.96 bits per heavy atom. The van der Waals surface area contributed by atoms with E-state index in [1.807, 2.05) is 18.2 Å². The standard InChI is InChI=1S/C18H24N4O/c1-12(2)7-9-19-17(23)16-8-10-20-18(22-16)21-15-6-5-13(3)14(4)11-15/h5-6,8,10-12H,7,9H2,1-4H3,(H,19,23)(H,20,21,22). The van der Waals surface area contributed by atoms with Crippen molar-refractivity contribution in [2.24, 2.45) is 5.92 Å². The number of nitrogens with zero attached hydrogens (tertiary/aromatic N) is 2. The lowest BCUT2D eigenvalue weighted by Gasteiger charge is -2.09. The van der Waals surface area contributed by atoms with E-state index in [0.717, 1.165) is 12.1 Å². The number of anilines is 2. The third kappa shape index (κ3) is 5.06. The lowest BCUT2D eigenvalue weighted by molar-refractivity contribution is 0.0947. The third-order valence-corrected chi connectivity index (χ3v) is 3.66. The molecule has 5 nitrogen and oxygen atoms in total. The predicted molar refractivity (Wildman–Crippen MR) is 93.0 cm³/mol. The Balaban J connectivity index is 2.04. The first-order chi connectivity index (χ1) is 11.0. The fraction of sp³-hybridized carbons (Fsp3) is 0.389. The largest absolute Gasteiger partial charge is 0.351 e. The van der Waals surface area contributed by atoms with Crippen molar-refractivity contribution in [2.75, 3.05) is 11.9 Å². The second-order valence-electron chi connectivity index (χ2n) is 6.13. The van der Waals surface area contributed by atoms with E-state index in [4.69, 9.17) is 0 Å². The fourth-order valence-electron chi connectivity index (χ4n) is 2.06. The highest BCUT2D eigenvalue weighted by Crippen LogP contribution is 2.17. The number of hydrogen-bond acceptors (Lipinski definition) is 4. The number of aryl methyl sites for hydroxylation is 2. The molecule has 1 heterocycles. The van der Waals surface area contributed by atoms with E-state index < -0.39 is 0 Å². The number of carbonyl (C=O) groups is 1. The van der Waals surface area contributed by atoms with Gasteiger partial charge in [0.05, 0.1) is 0 Å². The maximum atomic E-state index is 12.1. The van der Waals surface area contributed by atoms with Crippen LogP contribution in [0.15, 0.2) is 30.5 Å². The van der Waals surface area contributed by atoms with E-state index in [1.54, 1.807) is 12.3 Å². The summed E-state index contributed by atoms with van der Waals surface area (Å²) in [4.78, 5) is 20.6. The van der Waals surface area contributed by atoms with Gasteiger partial charge in [0, 0.05) is 18.4 Å². The molecular formula is C18H24N4O. The minimum absolute atomic E-state index is 0.170. The van der Waals surface area contributed by atoms with Crippen LogP contribution in [0, 0.1) is 19.8 Å². The van der Waals surface area contributed by atoms with Gasteiger partial charge in [0.15, 0.2) is 0 Å². The van der Waals surface area contributed by atoms with Crippen LogP contribution in [-0.4, -0.2) is 22.4 Å². The minimum Gasteiger partial charge on any atom is -0.351 e. The number of aromatic nitrogens is 2. The van der Waals surface area contributed by atoms with Gasteiger partial charge >= 0.3 is 0 Å². The second kappa shape index (κ2) is 7.72. The molecule has 2 N–H and O–H groups in total. The minimum atomic E-state index is -0.170. The Morgan fingerprint density at radius 1 is 1.17 bits per heavy atom. The van der Waals surface area contributed by atoms with Crippen LogP contribution in [-0.2, 0) is 0 Å². The van der Waals surface area contributed by atoms with Crippen molar-refractivity contribution < 1.29 is 4.79 Å². The summed E-state index contributed by atoms with van der Waals surface area (Å²) in [5, 5.41) is 6.02. The van der Waals surface area contributed by atoms with Crippen LogP contribution in [0.4, 0.5) is 11.6 Å². The molecule has 1 aromatic heterocycles. The Bertz CT molecular complexity index is 682. The topological polar surface area (TPSA) is 66.9 Å². The highest BCUT2D eigenvalue weighted by atomic mass is 16.1. The zero-order valence-electron chi connectivity index (χ0n) is 14.2. The van der Waals surface area contributed by atoms with Crippen molar-refractivity contribution in [1.29, 1.82) is 0 Å². The molecule has 0 saturated heterocycles. The molecule has 0 saturated carbocycles. The number of hydrogen-bond donors (Lipinski definition) is 2. The molecule has 23 heavy (non-hydrogen) atoms. The van der Waals surface area contributed by atoms with Gasteiger partial charge in [0.25, 0.3) is 5.91 Å². The first-order valence-electron chi connectivity index (χ1n) is 7.91. The third-order valence-electron chi connectivity index (χ3n) is 3.66. The van der Waals surface area contributed by atoms with E-state index in [2.05, 4.69) is 48.3 Å². The normalized spacial score (nSPS) is 10.7. The maximum absolute atomic E-state index is 12.1. The molecule has 0 unspecified atom stereocenters.